The molecule has 0 aromatic heterocycles. The van der Waals surface area contributed by atoms with Crippen LogP contribution >= 0.6 is 15.9 Å². The molecule has 1 unspecified atom stereocenters. The first-order valence-corrected chi connectivity index (χ1v) is 7.00. The fraction of sp³-hybridized carbons (Fsp3) is 0.875. The van der Waals surface area contributed by atoms with E-state index in [0.29, 0.717) is 0 Å². The topological polar surface area (TPSA) is 63.2 Å². The molecular formula is C8H16BrNO3S. The maximum atomic E-state index is 11.3. The summed E-state index contributed by atoms with van der Waals surface area (Å²) in [5.74, 6) is -0.207. The van der Waals surface area contributed by atoms with Crippen LogP contribution in [0.3, 0.4) is 0 Å². The molecule has 0 aliphatic carbocycles. The molecular weight excluding hydrogens is 270 g/mol. The van der Waals surface area contributed by atoms with Gasteiger partial charge in [-0.3, -0.25) is 4.79 Å². The fourth-order valence-electron chi connectivity index (χ4n) is 0.572. The molecule has 0 fully saturated rings. The molecule has 0 bridgehead atoms. The lowest BCUT2D eigenvalue weighted by atomic mass is 10.2. The standard InChI is InChI=1S/C8H16BrNO3S/c1-6(9)7(11)10-5-8(2,3)14(4,12)13/h6H,5H2,1-4H3,(H,10,11). The largest absolute Gasteiger partial charge is 0.354 e. The van der Waals surface area contributed by atoms with Crippen LogP contribution in [0.4, 0.5) is 0 Å². The van der Waals surface area contributed by atoms with Crippen molar-refractivity contribution in [1.82, 2.24) is 5.32 Å². The van der Waals surface area contributed by atoms with Crippen LogP contribution in [0.5, 0.6) is 0 Å². The summed E-state index contributed by atoms with van der Waals surface area (Å²) in [6, 6.07) is 0. The van der Waals surface area contributed by atoms with E-state index in [0.717, 1.165) is 6.26 Å². The lowest BCUT2D eigenvalue weighted by Crippen LogP contribution is -2.45. The van der Waals surface area contributed by atoms with Crippen LogP contribution in [0, 0.1) is 0 Å². The fourth-order valence-corrected chi connectivity index (χ4v) is 1.07. The van der Waals surface area contributed by atoms with Crippen molar-refractivity contribution in [2.75, 3.05) is 12.8 Å². The summed E-state index contributed by atoms with van der Waals surface area (Å²) in [6.07, 6.45) is 1.16. The van der Waals surface area contributed by atoms with E-state index >= 15 is 0 Å². The Kier molecular flexibility index (Phi) is 4.58. The van der Waals surface area contributed by atoms with Crippen LogP contribution in [0.15, 0.2) is 0 Å². The normalized spacial score (nSPS) is 14.9. The Hall–Kier alpha value is -0.100. The number of hydrogen-bond acceptors (Lipinski definition) is 3. The summed E-state index contributed by atoms with van der Waals surface area (Å²) in [4.78, 5) is 10.9. The average molecular weight is 286 g/mol. The summed E-state index contributed by atoms with van der Waals surface area (Å²) in [7, 11) is -3.15. The lowest BCUT2D eigenvalue weighted by molar-refractivity contribution is -0.120. The number of carbonyl (C=O) groups is 1. The van der Waals surface area contributed by atoms with Gasteiger partial charge in [0.25, 0.3) is 0 Å². The van der Waals surface area contributed by atoms with Gasteiger partial charge in [-0.2, -0.15) is 0 Å². The van der Waals surface area contributed by atoms with Gasteiger partial charge in [0.05, 0.1) is 9.57 Å². The molecule has 1 atom stereocenters. The third kappa shape index (κ3) is 3.96. The summed E-state index contributed by atoms with van der Waals surface area (Å²) in [5, 5.41) is 2.56. The highest BCUT2D eigenvalue weighted by atomic mass is 79.9. The van der Waals surface area contributed by atoms with Gasteiger partial charge in [-0.1, -0.05) is 15.9 Å². The number of sulfone groups is 1. The van der Waals surface area contributed by atoms with Crippen LogP contribution in [-0.4, -0.2) is 36.7 Å². The van der Waals surface area contributed by atoms with E-state index < -0.39 is 14.6 Å². The van der Waals surface area contributed by atoms with Crippen LogP contribution in [0.2, 0.25) is 0 Å². The SMILES string of the molecule is CC(Br)C(=O)NCC(C)(C)S(C)(=O)=O. The third-order valence-electron chi connectivity index (χ3n) is 2.05. The van der Waals surface area contributed by atoms with Crippen molar-refractivity contribution in [2.45, 2.75) is 30.3 Å². The summed E-state index contributed by atoms with van der Waals surface area (Å²) in [5.41, 5.74) is 0. The monoisotopic (exact) mass is 285 g/mol. The first-order valence-electron chi connectivity index (χ1n) is 4.19. The van der Waals surface area contributed by atoms with Gasteiger partial charge in [0.15, 0.2) is 9.84 Å². The summed E-state index contributed by atoms with van der Waals surface area (Å²) in [6.45, 7) is 4.98. The van der Waals surface area contributed by atoms with Crippen molar-refractivity contribution in [3.8, 4) is 0 Å². The van der Waals surface area contributed by atoms with Crippen molar-refractivity contribution in [1.29, 1.82) is 0 Å². The minimum Gasteiger partial charge on any atom is -0.354 e. The molecule has 84 valence electrons. The average Bonchev–Trinajstić information content (AvgIpc) is 1.97. The molecule has 14 heavy (non-hydrogen) atoms. The van der Waals surface area contributed by atoms with E-state index in [1.165, 1.54) is 0 Å². The highest BCUT2D eigenvalue weighted by Gasteiger charge is 2.30. The first kappa shape index (κ1) is 13.9. The quantitative estimate of drug-likeness (QED) is 0.774. The minimum absolute atomic E-state index is 0.126. The van der Waals surface area contributed by atoms with Crippen molar-refractivity contribution >= 4 is 31.7 Å². The van der Waals surface area contributed by atoms with E-state index in [9.17, 15) is 13.2 Å². The van der Waals surface area contributed by atoms with E-state index in [1.54, 1.807) is 20.8 Å². The molecule has 0 aromatic carbocycles. The molecule has 4 nitrogen and oxygen atoms in total. The number of hydrogen-bond donors (Lipinski definition) is 1. The zero-order chi connectivity index (χ0) is 11.6. The Balaban J connectivity index is 4.35. The minimum atomic E-state index is -3.15. The number of alkyl halides is 1. The van der Waals surface area contributed by atoms with Crippen LogP contribution in [-0.2, 0) is 14.6 Å². The number of nitrogens with one attached hydrogen (secondary N) is 1. The number of rotatable bonds is 4. The van der Waals surface area contributed by atoms with Gasteiger partial charge < -0.3 is 5.32 Å². The number of carbonyl (C=O) groups excluding carboxylic acids is 1. The Morgan fingerprint density at radius 1 is 1.50 bits per heavy atom. The predicted octanol–water partition coefficient (Wildman–Crippen LogP) is 0.709. The molecule has 0 saturated heterocycles. The van der Waals surface area contributed by atoms with E-state index in [-0.39, 0.29) is 17.3 Å². The first-order chi connectivity index (χ1) is 6.08. The Bertz CT molecular complexity index is 309. The van der Waals surface area contributed by atoms with Crippen molar-refractivity contribution in [3.63, 3.8) is 0 Å². The lowest BCUT2D eigenvalue weighted by Gasteiger charge is -2.23. The highest BCUT2D eigenvalue weighted by Crippen LogP contribution is 2.13. The molecule has 0 aliphatic heterocycles. The zero-order valence-electron chi connectivity index (χ0n) is 8.80. The Labute approximate surface area is 93.5 Å². The second-order valence-corrected chi connectivity index (χ2v) is 7.89. The number of amides is 1. The molecule has 0 saturated carbocycles. The molecule has 6 heteroatoms. The van der Waals surface area contributed by atoms with Crippen molar-refractivity contribution in [2.24, 2.45) is 0 Å². The van der Waals surface area contributed by atoms with Gasteiger partial charge >= 0.3 is 0 Å². The van der Waals surface area contributed by atoms with Gasteiger partial charge in [0.1, 0.15) is 0 Å². The van der Waals surface area contributed by atoms with Gasteiger partial charge in [-0.05, 0) is 20.8 Å². The van der Waals surface area contributed by atoms with Crippen molar-refractivity contribution < 1.29 is 13.2 Å². The smallest absolute Gasteiger partial charge is 0.233 e. The van der Waals surface area contributed by atoms with Crippen LogP contribution in [0.1, 0.15) is 20.8 Å². The second kappa shape index (κ2) is 4.61. The van der Waals surface area contributed by atoms with E-state index in [1.807, 2.05) is 0 Å². The molecule has 1 amide bonds. The van der Waals surface area contributed by atoms with Gasteiger partial charge in [0.2, 0.25) is 5.91 Å². The van der Waals surface area contributed by atoms with Gasteiger partial charge in [-0.15, -0.1) is 0 Å². The molecule has 0 radical (unpaired) electrons. The molecule has 0 rings (SSSR count). The van der Waals surface area contributed by atoms with Crippen molar-refractivity contribution in [3.05, 3.63) is 0 Å². The van der Waals surface area contributed by atoms with Crippen LogP contribution in [0.25, 0.3) is 0 Å². The summed E-state index contributed by atoms with van der Waals surface area (Å²) >= 11 is 3.10. The summed E-state index contributed by atoms with van der Waals surface area (Å²) < 4.78 is 21.6. The predicted molar refractivity (Wildman–Crippen MR) is 60.3 cm³/mol. The highest BCUT2D eigenvalue weighted by molar-refractivity contribution is 9.10. The van der Waals surface area contributed by atoms with Gasteiger partial charge in [0, 0.05) is 12.8 Å². The zero-order valence-corrected chi connectivity index (χ0v) is 11.2. The Morgan fingerprint density at radius 2 is 1.93 bits per heavy atom. The van der Waals surface area contributed by atoms with E-state index in [2.05, 4.69) is 21.2 Å². The second-order valence-electron chi connectivity index (χ2n) is 3.87. The molecule has 1 N–H and O–H groups in total. The third-order valence-corrected chi connectivity index (χ3v) is 4.62. The van der Waals surface area contributed by atoms with E-state index in [4.69, 9.17) is 0 Å². The molecule has 0 heterocycles. The maximum Gasteiger partial charge on any atom is 0.233 e. The van der Waals surface area contributed by atoms with Gasteiger partial charge in [-0.25, -0.2) is 8.42 Å². The molecule has 0 aromatic rings. The Morgan fingerprint density at radius 3 is 2.21 bits per heavy atom. The maximum absolute atomic E-state index is 11.3. The number of halogens is 1. The van der Waals surface area contributed by atoms with Crippen LogP contribution < -0.4 is 5.32 Å². The molecule has 0 aliphatic rings. The molecule has 0 spiro atoms.